The van der Waals surface area contributed by atoms with Gasteiger partial charge in [0.15, 0.2) is 0 Å². The highest BCUT2D eigenvalue weighted by atomic mass is 32.1. The van der Waals surface area contributed by atoms with E-state index >= 15 is 0 Å². The second-order valence-corrected chi connectivity index (χ2v) is 10.1. The van der Waals surface area contributed by atoms with E-state index in [2.05, 4.69) is 53.0 Å². The second-order valence-electron chi connectivity index (χ2n) is 9.17. The van der Waals surface area contributed by atoms with Gasteiger partial charge in [-0.25, -0.2) is 0 Å². The average Bonchev–Trinajstić information content (AvgIpc) is 3.73. The maximum atomic E-state index is 12.6. The number of fused-ring (bicyclic) bond motifs is 2. The summed E-state index contributed by atoms with van der Waals surface area (Å²) in [6, 6.07) is 19.8. The van der Waals surface area contributed by atoms with Crippen molar-refractivity contribution in [2.24, 2.45) is 0 Å². The van der Waals surface area contributed by atoms with Crippen LogP contribution in [0.5, 0.6) is 0 Å². The number of aromatic nitrogens is 6. The Morgan fingerprint density at radius 3 is 2.64 bits per heavy atom. The highest BCUT2D eigenvalue weighted by molar-refractivity contribution is 7.13. The van der Waals surface area contributed by atoms with Crippen molar-refractivity contribution >= 4 is 44.7 Å². The number of H-pyrrole nitrogens is 2. The van der Waals surface area contributed by atoms with Gasteiger partial charge in [-0.2, -0.15) is 5.10 Å². The lowest BCUT2D eigenvalue weighted by Gasteiger charge is -2.07. The Kier molecular flexibility index (Phi) is 5.68. The third kappa shape index (κ3) is 4.45. The molecule has 7 aromatic rings. The molecule has 9 heteroatoms. The van der Waals surface area contributed by atoms with E-state index in [0.717, 1.165) is 55.6 Å². The van der Waals surface area contributed by atoms with Crippen LogP contribution in [-0.4, -0.2) is 36.0 Å². The van der Waals surface area contributed by atoms with Crippen molar-refractivity contribution in [3.63, 3.8) is 0 Å². The number of amides is 1. The summed E-state index contributed by atoms with van der Waals surface area (Å²) in [6.45, 7) is 0. The third-order valence-electron chi connectivity index (χ3n) is 6.56. The number of carbonyl (C=O) groups is 1. The molecule has 0 aliphatic rings. The maximum Gasteiger partial charge on any atom is 0.228 e. The lowest BCUT2D eigenvalue weighted by molar-refractivity contribution is -0.115. The van der Waals surface area contributed by atoms with Crippen LogP contribution >= 0.6 is 11.3 Å². The Bertz CT molecular complexity index is 1940. The summed E-state index contributed by atoms with van der Waals surface area (Å²) in [4.78, 5) is 30.6. The molecule has 0 aliphatic heterocycles. The number of hydrogen-bond donors (Lipinski definition) is 3. The topological polar surface area (TPSA) is 112 Å². The molecule has 1 amide bonds. The Labute approximate surface area is 226 Å². The maximum absolute atomic E-state index is 12.6. The molecule has 39 heavy (non-hydrogen) atoms. The molecule has 7 rings (SSSR count). The van der Waals surface area contributed by atoms with Gasteiger partial charge in [0.2, 0.25) is 5.91 Å². The van der Waals surface area contributed by atoms with Crippen LogP contribution in [0.1, 0.15) is 5.56 Å². The molecule has 0 saturated carbocycles. The predicted molar refractivity (Wildman–Crippen MR) is 154 cm³/mol. The first-order valence-corrected chi connectivity index (χ1v) is 13.2. The quantitative estimate of drug-likeness (QED) is 0.229. The van der Waals surface area contributed by atoms with Crippen LogP contribution in [0, 0.1) is 0 Å². The molecule has 188 valence electrons. The number of thiophene rings is 1. The zero-order chi connectivity index (χ0) is 26.2. The van der Waals surface area contributed by atoms with E-state index in [0.29, 0.717) is 12.1 Å². The van der Waals surface area contributed by atoms with Crippen molar-refractivity contribution in [2.75, 3.05) is 5.32 Å². The molecule has 0 unspecified atom stereocenters. The van der Waals surface area contributed by atoms with Crippen molar-refractivity contribution in [1.82, 2.24) is 30.1 Å². The summed E-state index contributed by atoms with van der Waals surface area (Å²) < 4.78 is 0. The molecule has 6 aromatic heterocycles. The summed E-state index contributed by atoms with van der Waals surface area (Å²) in [6.07, 6.45) is 9.17. The molecule has 6 heterocycles. The molecule has 1 aromatic carbocycles. The fraction of sp³-hybridized carbons (Fsp3) is 0.0333. The van der Waals surface area contributed by atoms with Crippen molar-refractivity contribution in [3.8, 4) is 33.1 Å². The molecule has 0 radical (unpaired) electrons. The lowest BCUT2D eigenvalue weighted by Crippen LogP contribution is -2.14. The van der Waals surface area contributed by atoms with Crippen molar-refractivity contribution in [1.29, 1.82) is 0 Å². The molecule has 0 atom stereocenters. The van der Waals surface area contributed by atoms with E-state index < -0.39 is 0 Å². The number of anilines is 1. The Morgan fingerprint density at radius 1 is 0.872 bits per heavy atom. The number of rotatable bonds is 6. The first-order valence-electron chi connectivity index (χ1n) is 12.4. The van der Waals surface area contributed by atoms with Crippen molar-refractivity contribution in [2.45, 2.75) is 6.42 Å². The fourth-order valence-corrected chi connectivity index (χ4v) is 5.47. The molecule has 0 spiro atoms. The van der Waals surface area contributed by atoms with E-state index in [9.17, 15) is 4.79 Å². The third-order valence-corrected chi connectivity index (χ3v) is 7.46. The van der Waals surface area contributed by atoms with Crippen molar-refractivity contribution in [3.05, 3.63) is 103 Å². The van der Waals surface area contributed by atoms with Gasteiger partial charge in [0.1, 0.15) is 5.69 Å². The van der Waals surface area contributed by atoms with Gasteiger partial charge in [-0.1, -0.05) is 36.4 Å². The molecule has 3 N–H and O–H groups in total. The van der Waals surface area contributed by atoms with Gasteiger partial charge in [-0.05, 0) is 35.2 Å². The van der Waals surface area contributed by atoms with Crippen LogP contribution in [0.3, 0.4) is 0 Å². The number of nitrogens with one attached hydrogen (secondary N) is 3. The standard InChI is InChI=1S/C30H21N7OS/c38-29(9-18-5-2-1-3-6-18)34-20-10-19(13-31-14-20)24-12-22-27(17-33-24)36-37-30(22)25-11-21-23(28-7-4-8-39-28)15-32-16-26(21)35-25/h1-8,10-17,35H,9H2,(H,34,38)(H,36,37). The van der Waals surface area contributed by atoms with Gasteiger partial charge >= 0.3 is 0 Å². The highest BCUT2D eigenvalue weighted by Gasteiger charge is 2.16. The summed E-state index contributed by atoms with van der Waals surface area (Å²) in [7, 11) is 0. The van der Waals surface area contributed by atoms with E-state index in [4.69, 9.17) is 0 Å². The van der Waals surface area contributed by atoms with Crippen LogP contribution in [0.4, 0.5) is 5.69 Å². The second kappa shape index (κ2) is 9.62. The van der Waals surface area contributed by atoms with E-state index in [-0.39, 0.29) is 5.91 Å². The molecular weight excluding hydrogens is 506 g/mol. The first-order chi connectivity index (χ1) is 19.2. The van der Waals surface area contributed by atoms with Gasteiger partial charge < -0.3 is 10.3 Å². The highest BCUT2D eigenvalue weighted by Crippen LogP contribution is 2.35. The lowest BCUT2D eigenvalue weighted by atomic mass is 10.1. The number of pyridine rings is 3. The first kappa shape index (κ1) is 23.0. The van der Waals surface area contributed by atoms with Crippen LogP contribution < -0.4 is 5.32 Å². The zero-order valence-electron chi connectivity index (χ0n) is 20.6. The molecule has 8 nitrogen and oxygen atoms in total. The largest absolute Gasteiger partial charge is 0.352 e. The Morgan fingerprint density at radius 2 is 1.77 bits per heavy atom. The van der Waals surface area contributed by atoms with E-state index in [1.807, 2.05) is 60.9 Å². The minimum Gasteiger partial charge on any atom is -0.352 e. The molecule has 0 bridgehead atoms. The molecule has 0 fully saturated rings. The summed E-state index contributed by atoms with van der Waals surface area (Å²) in [5.41, 5.74) is 7.64. The van der Waals surface area contributed by atoms with Gasteiger partial charge in [0.05, 0.1) is 53.1 Å². The number of hydrogen-bond acceptors (Lipinski definition) is 6. The minimum absolute atomic E-state index is 0.101. The van der Waals surface area contributed by atoms with Gasteiger partial charge in [-0.3, -0.25) is 24.8 Å². The SMILES string of the molecule is O=C(Cc1ccccc1)Nc1cncc(-c2cc3c(-c4cc5c(-c6cccs6)cncc5[nH]4)n[nH]c3cn2)c1. The Balaban J connectivity index is 1.21. The minimum atomic E-state index is -0.101. The number of carbonyl (C=O) groups excluding carboxylic acids is 1. The van der Waals surface area contributed by atoms with Gasteiger partial charge in [0, 0.05) is 39.2 Å². The number of benzene rings is 1. The van der Waals surface area contributed by atoms with Crippen LogP contribution in [-0.2, 0) is 11.2 Å². The van der Waals surface area contributed by atoms with Gasteiger partial charge in [0.25, 0.3) is 0 Å². The van der Waals surface area contributed by atoms with Crippen LogP contribution in [0.2, 0.25) is 0 Å². The molecule has 0 saturated heterocycles. The average molecular weight is 528 g/mol. The van der Waals surface area contributed by atoms with Gasteiger partial charge in [-0.15, -0.1) is 11.3 Å². The summed E-state index contributed by atoms with van der Waals surface area (Å²) in [5.74, 6) is -0.101. The number of nitrogens with zero attached hydrogens (tertiary/aromatic N) is 4. The predicted octanol–water partition coefficient (Wildman–Crippen LogP) is 6.47. The van der Waals surface area contributed by atoms with Crippen LogP contribution in [0.15, 0.2) is 97.0 Å². The summed E-state index contributed by atoms with van der Waals surface area (Å²) in [5, 5.41) is 14.7. The van der Waals surface area contributed by atoms with Crippen molar-refractivity contribution < 1.29 is 4.79 Å². The van der Waals surface area contributed by atoms with E-state index in [1.54, 1.807) is 29.9 Å². The monoisotopic (exact) mass is 527 g/mol. The smallest absolute Gasteiger partial charge is 0.228 e. The Hall–Kier alpha value is -5.15. The molecular formula is C30H21N7OS. The van der Waals surface area contributed by atoms with Crippen LogP contribution in [0.25, 0.3) is 54.9 Å². The summed E-state index contributed by atoms with van der Waals surface area (Å²) >= 11 is 1.69. The van der Waals surface area contributed by atoms with E-state index in [1.165, 1.54) is 4.88 Å². The normalized spacial score (nSPS) is 11.3. The fourth-order valence-electron chi connectivity index (χ4n) is 4.72. The zero-order valence-corrected chi connectivity index (χ0v) is 21.4. The molecule has 0 aliphatic carbocycles. The number of aromatic amines is 2.